The van der Waals surface area contributed by atoms with E-state index >= 15 is 0 Å². The van der Waals surface area contributed by atoms with Crippen LogP contribution in [0.5, 0.6) is 11.6 Å². The molecule has 1 aromatic heterocycles. The molecule has 3 rings (SSSR count). The van der Waals surface area contributed by atoms with Crippen LogP contribution in [0.15, 0.2) is 29.3 Å². The minimum atomic E-state index is -0.283. The highest BCUT2D eigenvalue weighted by atomic mass is 32.2. The van der Waals surface area contributed by atoms with Crippen molar-refractivity contribution in [1.29, 1.82) is 5.41 Å². The second kappa shape index (κ2) is 7.66. The molecule has 24 heavy (non-hydrogen) atoms. The van der Waals surface area contributed by atoms with Gasteiger partial charge in [-0.3, -0.25) is 0 Å². The van der Waals surface area contributed by atoms with Gasteiger partial charge in [-0.05, 0) is 61.1 Å². The lowest BCUT2D eigenvalue weighted by atomic mass is 9.90. The largest absolute Gasteiger partial charge is 0.493 e. The average Bonchev–Trinajstić information content (AvgIpc) is 2.60. The van der Waals surface area contributed by atoms with Crippen molar-refractivity contribution in [2.24, 2.45) is 0 Å². The predicted octanol–water partition coefficient (Wildman–Crippen LogP) is 3.97. The number of fused-ring (bicyclic) bond motifs is 1. The Morgan fingerprint density at radius 1 is 1.21 bits per heavy atom. The Hall–Kier alpha value is -2.08. The predicted molar refractivity (Wildman–Crippen MR) is 93.0 cm³/mol. The van der Waals surface area contributed by atoms with Crippen molar-refractivity contribution < 1.29 is 14.2 Å². The number of pyridine rings is 1. The molecule has 2 N–H and O–H groups in total. The molecule has 0 spiro atoms. The maximum absolute atomic E-state index is 12.8. The lowest BCUT2D eigenvalue weighted by molar-refractivity contribution is 0.343. The third-order valence-electron chi connectivity index (χ3n) is 4.05. The summed E-state index contributed by atoms with van der Waals surface area (Å²) in [6, 6.07) is 5.94. The normalized spacial score (nSPS) is 13.4. The number of nitrogens with zero attached hydrogens (tertiary/aromatic N) is 1. The lowest BCUT2D eigenvalue weighted by Gasteiger charge is -2.21. The molecule has 0 saturated heterocycles. The van der Waals surface area contributed by atoms with E-state index in [1.165, 1.54) is 18.3 Å². The van der Waals surface area contributed by atoms with Gasteiger partial charge in [0.15, 0.2) is 0 Å². The molecule has 0 radical (unpaired) electrons. The standard InChI is InChI=1S/C18H19FN2O2S/c19-12-5-7-13(8-6-12)23-9-10-24-18-15-4-2-1-3-14(15)16(11-20)17(22)21-18/h5-8,11,20H,1-4,9-10H2,(H,21,22). The molecule has 2 aromatic rings. The van der Waals surface area contributed by atoms with E-state index in [0.29, 0.717) is 23.7 Å². The van der Waals surface area contributed by atoms with Crippen molar-refractivity contribution in [3.05, 3.63) is 46.8 Å². The monoisotopic (exact) mass is 346 g/mol. The van der Waals surface area contributed by atoms with E-state index in [9.17, 15) is 9.50 Å². The molecule has 0 bridgehead atoms. The Morgan fingerprint density at radius 2 is 1.92 bits per heavy atom. The van der Waals surface area contributed by atoms with Crippen LogP contribution in [0.3, 0.4) is 0 Å². The molecule has 4 nitrogen and oxygen atoms in total. The van der Waals surface area contributed by atoms with Gasteiger partial charge in [0.1, 0.15) is 16.6 Å². The number of rotatable bonds is 6. The molecule has 0 saturated carbocycles. The van der Waals surface area contributed by atoms with Crippen LogP contribution in [-0.4, -0.2) is 28.7 Å². The first-order valence-electron chi connectivity index (χ1n) is 7.95. The molecule has 1 aliphatic rings. The van der Waals surface area contributed by atoms with Crippen LogP contribution in [0.1, 0.15) is 29.5 Å². The molecule has 126 valence electrons. The maximum Gasteiger partial charge on any atom is 0.221 e. The molecule has 1 aliphatic carbocycles. The van der Waals surface area contributed by atoms with Crippen LogP contribution in [0.25, 0.3) is 0 Å². The highest BCUT2D eigenvalue weighted by Gasteiger charge is 2.21. The SMILES string of the molecule is N=Cc1c(O)nc(SCCOc2ccc(F)cc2)c2c1CCCC2. The van der Waals surface area contributed by atoms with Gasteiger partial charge in [0, 0.05) is 12.0 Å². The first-order valence-corrected chi connectivity index (χ1v) is 8.94. The fourth-order valence-electron chi connectivity index (χ4n) is 2.90. The van der Waals surface area contributed by atoms with Gasteiger partial charge < -0.3 is 15.3 Å². The topological polar surface area (TPSA) is 66.2 Å². The quantitative estimate of drug-likeness (QED) is 0.472. The summed E-state index contributed by atoms with van der Waals surface area (Å²) in [4.78, 5) is 4.28. The van der Waals surface area contributed by atoms with Crippen molar-refractivity contribution in [2.75, 3.05) is 12.4 Å². The van der Waals surface area contributed by atoms with Crippen LogP contribution in [-0.2, 0) is 12.8 Å². The third kappa shape index (κ3) is 3.70. The fourth-order valence-corrected chi connectivity index (χ4v) is 3.81. The number of thioether (sulfide) groups is 1. The Kier molecular flexibility index (Phi) is 5.35. The van der Waals surface area contributed by atoms with E-state index in [2.05, 4.69) is 4.98 Å². The van der Waals surface area contributed by atoms with E-state index < -0.39 is 0 Å². The molecule has 0 unspecified atom stereocenters. The van der Waals surface area contributed by atoms with Gasteiger partial charge in [-0.15, -0.1) is 11.8 Å². The molecular formula is C18H19FN2O2S. The molecule has 0 aliphatic heterocycles. The van der Waals surface area contributed by atoms with Gasteiger partial charge in [-0.25, -0.2) is 9.37 Å². The van der Waals surface area contributed by atoms with E-state index in [0.717, 1.165) is 41.8 Å². The van der Waals surface area contributed by atoms with Crippen LogP contribution < -0.4 is 4.74 Å². The molecule has 6 heteroatoms. The Balaban J connectivity index is 1.65. The zero-order valence-corrected chi connectivity index (χ0v) is 14.0. The maximum atomic E-state index is 12.8. The van der Waals surface area contributed by atoms with E-state index in [4.69, 9.17) is 10.1 Å². The van der Waals surface area contributed by atoms with Gasteiger partial charge >= 0.3 is 0 Å². The summed E-state index contributed by atoms with van der Waals surface area (Å²) in [6.07, 6.45) is 5.20. The Morgan fingerprint density at radius 3 is 2.62 bits per heavy atom. The second-order valence-corrected chi connectivity index (χ2v) is 6.70. The number of halogens is 1. The van der Waals surface area contributed by atoms with E-state index in [1.54, 1.807) is 23.9 Å². The molecular weight excluding hydrogens is 327 g/mol. The summed E-state index contributed by atoms with van der Waals surface area (Å²) in [5.41, 5.74) is 2.77. The number of aromatic nitrogens is 1. The number of aromatic hydroxyl groups is 1. The minimum Gasteiger partial charge on any atom is -0.493 e. The molecule has 0 fully saturated rings. The zero-order chi connectivity index (χ0) is 16.9. The van der Waals surface area contributed by atoms with Crippen molar-refractivity contribution in [2.45, 2.75) is 30.7 Å². The van der Waals surface area contributed by atoms with Gasteiger partial charge in [0.05, 0.1) is 12.2 Å². The first kappa shape index (κ1) is 16.8. The second-order valence-electron chi connectivity index (χ2n) is 5.61. The van der Waals surface area contributed by atoms with Gasteiger partial charge in [0.2, 0.25) is 5.88 Å². The van der Waals surface area contributed by atoms with Crippen LogP contribution in [0.4, 0.5) is 4.39 Å². The summed E-state index contributed by atoms with van der Waals surface area (Å²) < 4.78 is 18.4. The highest BCUT2D eigenvalue weighted by molar-refractivity contribution is 7.99. The van der Waals surface area contributed by atoms with E-state index in [1.807, 2.05) is 0 Å². The summed E-state index contributed by atoms with van der Waals surface area (Å²) in [5, 5.41) is 18.4. The van der Waals surface area contributed by atoms with Crippen LogP contribution >= 0.6 is 11.8 Å². The van der Waals surface area contributed by atoms with Gasteiger partial charge in [-0.1, -0.05) is 0 Å². The molecule has 1 heterocycles. The smallest absolute Gasteiger partial charge is 0.221 e. The molecule has 0 atom stereocenters. The first-order chi connectivity index (χ1) is 11.7. The Labute approximate surface area is 144 Å². The number of nitrogens with one attached hydrogen (secondary N) is 1. The number of hydrogen-bond donors (Lipinski definition) is 2. The molecule has 0 amide bonds. The summed E-state index contributed by atoms with van der Waals surface area (Å²) >= 11 is 1.55. The fraction of sp³-hybridized carbons (Fsp3) is 0.333. The van der Waals surface area contributed by atoms with Crippen LogP contribution in [0.2, 0.25) is 0 Å². The van der Waals surface area contributed by atoms with Gasteiger partial charge in [0.25, 0.3) is 0 Å². The van der Waals surface area contributed by atoms with Crippen molar-refractivity contribution in [3.63, 3.8) is 0 Å². The van der Waals surface area contributed by atoms with Crippen molar-refractivity contribution >= 4 is 18.0 Å². The Bertz CT molecular complexity index is 735. The summed E-state index contributed by atoms with van der Waals surface area (Å²) in [6.45, 7) is 0.472. The average molecular weight is 346 g/mol. The lowest BCUT2D eigenvalue weighted by Crippen LogP contribution is -2.10. The zero-order valence-electron chi connectivity index (χ0n) is 13.2. The number of benzene rings is 1. The van der Waals surface area contributed by atoms with Crippen LogP contribution in [0, 0.1) is 11.2 Å². The van der Waals surface area contributed by atoms with Crippen molar-refractivity contribution in [3.8, 4) is 11.6 Å². The van der Waals surface area contributed by atoms with Crippen molar-refractivity contribution in [1.82, 2.24) is 4.98 Å². The summed E-state index contributed by atoms with van der Waals surface area (Å²) in [5.74, 6) is 0.969. The molecule has 1 aromatic carbocycles. The van der Waals surface area contributed by atoms with Gasteiger partial charge in [-0.2, -0.15) is 0 Å². The summed E-state index contributed by atoms with van der Waals surface area (Å²) in [7, 11) is 0. The third-order valence-corrected chi connectivity index (χ3v) is 5.03. The number of hydrogen-bond acceptors (Lipinski definition) is 5. The highest BCUT2D eigenvalue weighted by Crippen LogP contribution is 2.34. The van der Waals surface area contributed by atoms with E-state index in [-0.39, 0.29) is 11.7 Å². The number of ether oxygens (including phenoxy) is 1. The minimum absolute atomic E-state index is 0.0624.